The van der Waals surface area contributed by atoms with Gasteiger partial charge in [0.2, 0.25) is 5.92 Å². The van der Waals surface area contributed by atoms with Crippen LogP contribution in [0, 0.1) is 5.92 Å². The molecule has 0 N–H and O–H groups in total. The number of aromatic nitrogens is 3. The number of halogens is 2. The van der Waals surface area contributed by atoms with Gasteiger partial charge in [-0.1, -0.05) is 0 Å². The van der Waals surface area contributed by atoms with E-state index in [0.717, 1.165) is 0 Å². The molecule has 1 aliphatic carbocycles. The van der Waals surface area contributed by atoms with E-state index in [1.165, 1.54) is 15.7 Å². The fourth-order valence-electron chi connectivity index (χ4n) is 1.76. The van der Waals surface area contributed by atoms with E-state index in [9.17, 15) is 13.6 Å². The fraction of sp³-hybridized carbons (Fsp3) is 0.750. The van der Waals surface area contributed by atoms with Gasteiger partial charge in [-0.15, -0.1) is 0 Å². The summed E-state index contributed by atoms with van der Waals surface area (Å²) >= 11 is 0. The first kappa shape index (κ1) is 9.36. The van der Waals surface area contributed by atoms with Gasteiger partial charge in [-0.05, 0) is 5.92 Å². The van der Waals surface area contributed by atoms with Gasteiger partial charge in [-0.3, -0.25) is 4.68 Å². The van der Waals surface area contributed by atoms with Crippen LogP contribution in [0.4, 0.5) is 8.78 Å². The highest BCUT2D eigenvalue weighted by atomic mass is 19.3. The number of rotatable bonds is 2. The zero-order valence-electron chi connectivity index (χ0n) is 7.78. The van der Waals surface area contributed by atoms with E-state index in [2.05, 4.69) is 4.98 Å². The number of alkyl halides is 2. The maximum absolute atomic E-state index is 12.5. The third-order valence-electron chi connectivity index (χ3n) is 2.54. The topological polar surface area (TPSA) is 39.8 Å². The summed E-state index contributed by atoms with van der Waals surface area (Å²) in [6, 6.07) is 0. The van der Waals surface area contributed by atoms with Crippen LogP contribution >= 0.6 is 0 Å². The first-order valence-electron chi connectivity index (χ1n) is 4.44. The lowest BCUT2D eigenvalue weighted by Crippen LogP contribution is -2.40. The average Bonchev–Trinajstić information content (AvgIpc) is 2.32. The van der Waals surface area contributed by atoms with E-state index in [1.807, 2.05) is 0 Å². The van der Waals surface area contributed by atoms with Gasteiger partial charge < -0.3 is 0 Å². The van der Waals surface area contributed by atoms with E-state index in [1.54, 1.807) is 7.05 Å². The molecular weight excluding hydrogens is 192 g/mol. The number of hydrogen-bond acceptors (Lipinski definition) is 2. The molecule has 0 atom stereocenters. The van der Waals surface area contributed by atoms with E-state index in [4.69, 9.17) is 0 Å². The second kappa shape index (κ2) is 2.90. The SMILES string of the molecule is Cn1cnc(=O)n1CC1CC(F)(F)C1. The third-order valence-corrected chi connectivity index (χ3v) is 2.54. The monoisotopic (exact) mass is 203 g/mol. The molecule has 0 saturated heterocycles. The van der Waals surface area contributed by atoms with Crippen molar-refractivity contribution >= 4 is 0 Å². The van der Waals surface area contributed by atoms with Gasteiger partial charge in [0.05, 0.1) is 0 Å². The van der Waals surface area contributed by atoms with E-state index >= 15 is 0 Å². The van der Waals surface area contributed by atoms with Gasteiger partial charge in [0, 0.05) is 26.4 Å². The Balaban J connectivity index is 2.03. The number of nitrogens with zero attached hydrogens (tertiary/aromatic N) is 3. The van der Waals surface area contributed by atoms with Gasteiger partial charge in [0.25, 0.3) is 0 Å². The second-order valence-electron chi connectivity index (χ2n) is 3.81. The standard InChI is InChI=1S/C8H11F2N3O/c1-12-5-11-7(14)13(12)4-6-2-8(9,10)3-6/h5-6H,2-4H2,1H3. The van der Waals surface area contributed by atoms with Crippen molar-refractivity contribution in [3.8, 4) is 0 Å². The van der Waals surface area contributed by atoms with Crippen molar-refractivity contribution in [2.75, 3.05) is 0 Å². The van der Waals surface area contributed by atoms with Gasteiger partial charge in [-0.25, -0.2) is 18.3 Å². The summed E-state index contributed by atoms with van der Waals surface area (Å²) < 4.78 is 27.9. The van der Waals surface area contributed by atoms with Gasteiger partial charge in [0.1, 0.15) is 6.33 Å². The molecule has 0 radical (unpaired) electrons. The fourth-order valence-corrected chi connectivity index (χ4v) is 1.76. The van der Waals surface area contributed by atoms with Crippen LogP contribution in [0.2, 0.25) is 0 Å². The number of hydrogen-bond donors (Lipinski definition) is 0. The molecule has 1 aliphatic rings. The van der Waals surface area contributed by atoms with Crippen LogP contribution in [0.25, 0.3) is 0 Å². The third kappa shape index (κ3) is 1.56. The highest BCUT2D eigenvalue weighted by molar-refractivity contribution is 4.86. The molecule has 0 amide bonds. The Hall–Kier alpha value is -1.20. The molecular formula is C8H11F2N3O. The Labute approximate surface area is 79.1 Å². The molecule has 0 aromatic carbocycles. The maximum Gasteiger partial charge on any atom is 0.363 e. The van der Waals surface area contributed by atoms with Crippen molar-refractivity contribution in [1.29, 1.82) is 0 Å². The van der Waals surface area contributed by atoms with Crippen molar-refractivity contribution in [3.63, 3.8) is 0 Å². The van der Waals surface area contributed by atoms with Gasteiger partial charge in [0.15, 0.2) is 0 Å². The highest BCUT2D eigenvalue weighted by Gasteiger charge is 2.45. The minimum atomic E-state index is -2.52. The minimum absolute atomic E-state index is 0.0990. The van der Waals surface area contributed by atoms with Gasteiger partial charge >= 0.3 is 5.69 Å². The quantitative estimate of drug-likeness (QED) is 0.707. The van der Waals surface area contributed by atoms with Crippen LogP contribution < -0.4 is 5.69 Å². The molecule has 4 nitrogen and oxygen atoms in total. The lowest BCUT2D eigenvalue weighted by molar-refractivity contribution is -0.115. The summed E-state index contributed by atoms with van der Waals surface area (Å²) in [5.74, 6) is -2.62. The maximum atomic E-state index is 12.5. The molecule has 78 valence electrons. The van der Waals surface area contributed by atoms with E-state index in [0.29, 0.717) is 6.54 Å². The molecule has 1 heterocycles. The lowest BCUT2D eigenvalue weighted by atomic mass is 9.81. The van der Waals surface area contributed by atoms with E-state index < -0.39 is 5.92 Å². The van der Waals surface area contributed by atoms with E-state index in [-0.39, 0.29) is 24.4 Å². The van der Waals surface area contributed by atoms with Crippen molar-refractivity contribution in [1.82, 2.24) is 14.3 Å². The van der Waals surface area contributed by atoms with Crippen molar-refractivity contribution < 1.29 is 8.78 Å². The first-order chi connectivity index (χ1) is 6.48. The van der Waals surface area contributed by atoms with Crippen LogP contribution in [0.3, 0.4) is 0 Å². The van der Waals surface area contributed by atoms with Crippen LogP contribution in [0.5, 0.6) is 0 Å². The van der Waals surface area contributed by atoms with Crippen molar-refractivity contribution in [2.24, 2.45) is 13.0 Å². The van der Waals surface area contributed by atoms with Crippen LogP contribution in [0.1, 0.15) is 12.8 Å². The predicted molar refractivity (Wildman–Crippen MR) is 45.1 cm³/mol. The summed E-state index contributed by atoms with van der Waals surface area (Å²) in [6.07, 6.45) is 1.15. The molecule has 0 aliphatic heterocycles. The molecule has 0 unspecified atom stereocenters. The highest BCUT2D eigenvalue weighted by Crippen LogP contribution is 2.42. The molecule has 1 aromatic rings. The Kier molecular flexibility index (Phi) is 1.94. The summed E-state index contributed by atoms with van der Waals surface area (Å²) in [6.45, 7) is 0.338. The Bertz CT molecular complexity index is 388. The summed E-state index contributed by atoms with van der Waals surface area (Å²) in [5, 5.41) is 0. The lowest BCUT2D eigenvalue weighted by Gasteiger charge is -2.34. The molecule has 1 aromatic heterocycles. The largest absolute Gasteiger partial charge is 0.363 e. The molecule has 14 heavy (non-hydrogen) atoms. The van der Waals surface area contributed by atoms with Crippen molar-refractivity contribution in [2.45, 2.75) is 25.3 Å². The molecule has 1 fully saturated rings. The Morgan fingerprint density at radius 3 is 2.71 bits per heavy atom. The molecule has 6 heteroatoms. The van der Waals surface area contributed by atoms with Crippen LogP contribution in [0.15, 0.2) is 11.1 Å². The summed E-state index contributed by atoms with van der Waals surface area (Å²) in [4.78, 5) is 14.7. The smallest absolute Gasteiger partial charge is 0.273 e. The Morgan fingerprint density at radius 1 is 1.64 bits per heavy atom. The van der Waals surface area contributed by atoms with Crippen molar-refractivity contribution in [3.05, 3.63) is 16.8 Å². The minimum Gasteiger partial charge on any atom is -0.273 e. The Morgan fingerprint density at radius 2 is 2.29 bits per heavy atom. The summed E-state index contributed by atoms with van der Waals surface area (Å²) in [5.41, 5.74) is -0.372. The average molecular weight is 203 g/mol. The molecule has 0 spiro atoms. The molecule has 2 rings (SSSR count). The zero-order chi connectivity index (χ0) is 10.3. The van der Waals surface area contributed by atoms with Crippen LogP contribution in [-0.2, 0) is 13.6 Å². The first-order valence-corrected chi connectivity index (χ1v) is 4.44. The summed E-state index contributed by atoms with van der Waals surface area (Å²) in [7, 11) is 1.67. The zero-order valence-corrected chi connectivity index (χ0v) is 7.78. The molecule has 1 saturated carbocycles. The molecule has 0 bridgehead atoms. The van der Waals surface area contributed by atoms with Gasteiger partial charge in [-0.2, -0.15) is 4.98 Å². The van der Waals surface area contributed by atoms with Crippen LogP contribution in [-0.4, -0.2) is 20.3 Å². The number of aryl methyl sites for hydroxylation is 1. The second-order valence-corrected chi connectivity index (χ2v) is 3.81. The predicted octanol–water partition coefficient (Wildman–Crippen LogP) is 0.627. The normalized spacial score (nSPS) is 20.8.